The van der Waals surface area contributed by atoms with Crippen LogP contribution in [0.4, 0.5) is 0 Å². The fourth-order valence-corrected chi connectivity index (χ4v) is 1.75. The molecule has 0 aliphatic heterocycles. The molecule has 2 rings (SSSR count). The molecule has 0 saturated heterocycles. The Morgan fingerprint density at radius 3 is 3.06 bits per heavy atom. The second-order valence-electron chi connectivity index (χ2n) is 3.74. The summed E-state index contributed by atoms with van der Waals surface area (Å²) >= 11 is 5.86. The Hall–Kier alpha value is -1.52. The maximum atomic E-state index is 9.60. The van der Waals surface area contributed by atoms with Gasteiger partial charge < -0.3 is 15.4 Å². The van der Waals surface area contributed by atoms with Crippen LogP contribution in [0.15, 0.2) is 30.6 Å². The first-order valence-electron chi connectivity index (χ1n) is 5.42. The highest BCUT2D eigenvalue weighted by Gasteiger charge is 2.01. The number of nitrogens with zero attached hydrogens (tertiary/aromatic N) is 1. The number of hydrogen-bond donors (Lipinski definition) is 3. The second kappa shape index (κ2) is 5.70. The zero-order chi connectivity index (χ0) is 12.1. The number of H-pyrrole nitrogens is 1. The standard InChI is InChI=1S/C12H14ClN3O/c13-10-1-2-11(17)9(7-10)8-14-4-3-12-15-5-6-16-12/h1-2,5-7,14,17H,3-4,8H2,(H,15,16). The van der Waals surface area contributed by atoms with Crippen molar-refractivity contribution in [3.8, 4) is 5.75 Å². The van der Waals surface area contributed by atoms with E-state index in [-0.39, 0.29) is 5.75 Å². The lowest BCUT2D eigenvalue weighted by Gasteiger charge is -2.06. The third-order valence-electron chi connectivity index (χ3n) is 2.45. The highest BCUT2D eigenvalue weighted by atomic mass is 35.5. The van der Waals surface area contributed by atoms with E-state index in [9.17, 15) is 5.11 Å². The minimum absolute atomic E-state index is 0.264. The van der Waals surface area contributed by atoms with Crippen molar-refractivity contribution in [1.82, 2.24) is 15.3 Å². The molecule has 5 heteroatoms. The van der Waals surface area contributed by atoms with Crippen molar-refractivity contribution in [1.29, 1.82) is 0 Å². The number of hydrogen-bond acceptors (Lipinski definition) is 3. The van der Waals surface area contributed by atoms with Crippen LogP contribution in [0.25, 0.3) is 0 Å². The van der Waals surface area contributed by atoms with Crippen molar-refractivity contribution in [3.05, 3.63) is 47.0 Å². The Kier molecular flexibility index (Phi) is 4.01. The molecular weight excluding hydrogens is 238 g/mol. The zero-order valence-corrected chi connectivity index (χ0v) is 10.0. The SMILES string of the molecule is Oc1ccc(Cl)cc1CNCCc1ncc[nH]1. The molecule has 0 fully saturated rings. The van der Waals surface area contributed by atoms with Crippen LogP contribution in [0.2, 0.25) is 5.02 Å². The highest BCUT2D eigenvalue weighted by molar-refractivity contribution is 6.30. The largest absolute Gasteiger partial charge is 0.508 e. The number of halogens is 1. The number of phenolic OH excluding ortho intramolecular Hbond substituents is 1. The van der Waals surface area contributed by atoms with Crippen LogP contribution in [0.5, 0.6) is 5.75 Å². The van der Waals surface area contributed by atoms with Crippen LogP contribution in [0, 0.1) is 0 Å². The summed E-state index contributed by atoms with van der Waals surface area (Å²) in [5, 5.41) is 13.5. The molecule has 1 aromatic heterocycles. The third-order valence-corrected chi connectivity index (χ3v) is 2.69. The summed E-state index contributed by atoms with van der Waals surface area (Å²) in [5.41, 5.74) is 0.803. The molecule has 0 spiro atoms. The van der Waals surface area contributed by atoms with E-state index in [0.29, 0.717) is 11.6 Å². The van der Waals surface area contributed by atoms with Gasteiger partial charge in [-0.05, 0) is 18.2 Å². The number of aromatic amines is 1. The molecule has 0 saturated carbocycles. The number of benzene rings is 1. The molecule has 17 heavy (non-hydrogen) atoms. The summed E-state index contributed by atoms with van der Waals surface area (Å²) in [7, 11) is 0. The summed E-state index contributed by atoms with van der Waals surface area (Å²) in [5.74, 6) is 1.22. The molecule has 0 aliphatic carbocycles. The summed E-state index contributed by atoms with van der Waals surface area (Å²) in [4.78, 5) is 7.16. The van der Waals surface area contributed by atoms with Crippen LogP contribution in [-0.4, -0.2) is 21.6 Å². The van der Waals surface area contributed by atoms with Gasteiger partial charge in [0, 0.05) is 42.5 Å². The van der Waals surface area contributed by atoms with E-state index >= 15 is 0 Å². The molecule has 1 aromatic carbocycles. The lowest BCUT2D eigenvalue weighted by Crippen LogP contribution is -2.17. The predicted octanol–water partition coefficient (Wildman–Crippen LogP) is 2.10. The van der Waals surface area contributed by atoms with E-state index < -0.39 is 0 Å². The quantitative estimate of drug-likeness (QED) is 0.714. The van der Waals surface area contributed by atoms with Gasteiger partial charge in [0.2, 0.25) is 0 Å². The minimum atomic E-state index is 0.264. The summed E-state index contributed by atoms with van der Waals surface area (Å²) in [6, 6.07) is 5.03. The average molecular weight is 252 g/mol. The van der Waals surface area contributed by atoms with Crippen molar-refractivity contribution >= 4 is 11.6 Å². The number of nitrogens with one attached hydrogen (secondary N) is 2. The first-order valence-corrected chi connectivity index (χ1v) is 5.80. The fraction of sp³-hybridized carbons (Fsp3) is 0.250. The highest BCUT2D eigenvalue weighted by Crippen LogP contribution is 2.20. The topological polar surface area (TPSA) is 60.9 Å². The van der Waals surface area contributed by atoms with Gasteiger partial charge >= 0.3 is 0 Å². The molecular formula is C12H14ClN3O. The van der Waals surface area contributed by atoms with E-state index in [1.54, 1.807) is 30.6 Å². The van der Waals surface area contributed by atoms with E-state index in [1.807, 2.05) is 0 Å². The number of aromatic hydroxyl groups is 1. The number of phenols is 1. The van der Waals surface area contributed by atoms with Crippen LogP contribution in [0.3, 0.4) is 0 Å². The van der Waals surface area contributed by atoms with Gasteiger partial charge in [-0.15, -0.1) is 0 Å². The van der Waals surface area contributed by atoms with Crippen LogP contribution in [-0.2, 0) is 13.0 Å². The molecule has 0 radical (unpaired) electrons. The van der Waals surface area contributed by atoms with Crippen LogP contribution < -0.4 is 5.32 Å². The van der Waals surface area contributed by atoms with Gasteiger partial charge in [-0.1, -0.05) is 11.6 Å². The van der Waals surface area contributed by atoms with E-state index in [0.717, 1.165) is 24.4 Å². The Morgan fingerprint density at radius 2 is 2.29 bits per heavy atom. The second-order valence-corrected chi connectivity index (χ2v) is 4.17. The van der Waals surface area contributed by atoms with Gasteiger partial charge in [0.25, 0.3) is 0 Å². The van der Waals surface area contributed by atoms with Crippen LogP contribution in [0.1, 0.15) is 11.4 Å². The maximum absolute atomic E-state index is 9.60. The van der Waals surface area contributed by atoms with Crippen LogP contribution >= 0.6 is 11.6 Å². The molecule has 1 heterocycles. The monoisotopic (exact) mass is 251 g/mol. The first-order chi connectivity index (χ1) is 8.25. The normalized spacial score (nSPS) is 10.6. The van der Waals surface area contributed by atoms with E-state index in [4.69, 9.17) is 11.6 Å². The summed E-state index contributed by atoms with van der Waals surface area (Å²) in [6.07, 6.45) is 4.37. The maximum Gasteiger partial charge on any atom is 0.120 e. The smallest absolute Gasteiger partial charge is 0.120 e. The van der Waals surface area contributed by atoms with Gasteiger partial charge in [-0.25, -0.2) is 4.98 Å². The van der Waals surface area contributed by atoms with Gasteiger partial charge in [0.15, 0.2) is 0 Å². The third kappa shape index (κ3) is 3.47. The number of rotatable bonds is 5. The Bertz CT molecular complexity index is 471. The molecule has 90 valence electrons. The summed E-state index contributed by atoms with van der Waals surface area (Å²) < 4.78 is 0. The predicted molar refractivity (Wildman–Crippen MR) is 67.1 cm³/mol. The number of imidazole rings is 1. The molecule has 3 N–H and O–H groups in total. The molecule has 0 unspecified atom stereocenters. The molecule has 0 bridgehead atoms. The molecule has 0 aliphatic rings. The van der Waals surface area contributed by atoms with Gasteiger partial charge in [-0.3, -0.25) is 0 Å². The Morgan fingerprint density at radius 1 is 1.41 bits per heavy atom. The van der Waals surface area contributed by atoms with Crippen molar-refractivity contribution in [2.45, 2.75) is 13.0 Å². The van der Waals surface area contributed by atoms with Gasteiger partial charge in [-0.2, -0.15) is 0 Å². The fourth-order valence-electron chi connectivity index (χ4n) is 1.56. The van der Waals surface area contributed by atoms with Gasteiger partial charge in [0.05, 0.1) is 0 Å². The summed E-state index contributed by atoms with van der Waals surface area (Å²) in [6.45, 7) is 1.38. The van der Waals surface area contributed by atoms with E-state index in [2.05, 4.69) is 15.3 Å². The van der Waals surface area contributed by atoms with Crippen molar-refractivity contribution in [2.75, 3.05) is 6.54 Å². The molecule has 4 nitrogen and oxygen atoms in total. The zero-order valence-electron chi connectivity index (χ0n) is 9.28. The lowest BCUT2D eigenvalue weighted by molar-refractivity contribution is 0.464. The Balaban J connectivity index is 1.80. The van der Waals surface area contributed by atoms with Crippen molar-refractivity contribution in [2.24, 2.45) is 0 Å². The molecule has 0 amide bonds. The Labute approximate surface area is 105 Å². The van der Waals surface area contributed by atoms with Crippen molar-refractivity contribution in [3.63, 3.8) is 0 Å². The molecule has 0 atom stereocenters. The first kappa shape index (κ1) is 12.0. The minimum Gasteiger partial charge on any atom is -0.508 e. The lowest BCUT2D eigenvalue weighted by atomic mass is 10.2. The van der Waals surface area contributed by atoms with Gasteiger partial charge in [0.1, 0.15) is 11.6 Å². The molecule has 2 aromatic rings. The van der Waals surface area contributed by atoms with Crippen molar-refractivity contribution < 1.29 is 5.11 Å². The van der Waals surface area contributed by atoms with E-state index in [1.165, 1.54) is 0 Å². The average Bonchev–Trinajstić information content (AvgIpc) is 2.82. The number of aromatic nitrogens is 2.